The minimum absolute atomic E-state index is 0.0871. The highest BCUT2D eigenvalue weighted by atomic mass is 32.1. The predicted octanol–water partition coefficient (Wildman–Crippen LogP) is 4.52. The first-order valence-corrected chi connectivity index (χ1v) is 8.88. The lowest BCUT2D eigenvalue weighted by atomic mass is 10.4. The zero-order valence-corrected chi connectivity index (χ0v) is 13.1. The Morgan fingerprint density at radius 2 is 1.53 bits per heavy atom. The third-order valence-corrected chi connectivity index (χ3v) is 5.35. The van der Waals surface area contributed by atoms with Gasteiger partial charge in [-0.2, -0.15) is 12.6 Å². The van der Waals surface area contributed by atoms with Crippen LogP contribution in [0.5, 0.6) is 0 Å². The Hall–Kier alpha value is 0.500. The Morgan fingerprint density at radius 3 is 1.88 bits per heavy atom. The molecule has 0 saturated heterocycles. The van der Waals surface area contributed by atoms with Crippen LogP contribution in [0.1, 0.15) is 52.9 Å². The van der Waals surface area contributed by atoms with Crippen molar-refractivity contribution in [1.82, 2.24) is 0 Å². The molecule has 0 aromatic heterocycles. The van der Waals surface area contributed by atoms with E-state index in [1.165, 1.54) is 0 Å². The van der Waals surface area contributed by atoms with E-state index >= 15 is 0 Å². The van der Waals surface area contributed by atoms with Crippen molar-refractivity contribution in [3.05, 3.63) is 0 Å². The summed E-state index contributed by atoms with van der Waals surface area (Å²) >= 11 is 4.38. The third-order valence-electron chi connectivity index (χ3n) is 2.48. The van der Waals surface area contributed by atoms with Crippen LogP contribution in [0.25, 0.3) is 0 Å². The molecular formula is C12H27O3PS. The van der Waals surface area contributed by atoms with Gasteiger partial charge < -0.3 is 9.05 Å². The minimum atomic E-state index is -2.93. The number of thiol groups is 1. The highest BCUT2D eigenvalue weighted by Crippen LogP contribution is 2.50. The number of rotatable bonds is 11. The van der Waals surface area contributed by atoms with E-state index in [0.29, 0.717) is 19.4 Å². The van der Waals surface area contributed by atoms with Crippen LogP contribution in [0.15, 0.2) is 0 Å². The number of hydrogen-bond acceptors (Lipinski definition) is 4. The van der Waals surface area contributed by atoms with Crippen LogP contribution in [0, 0.1) is 0 Å². The summed E-state index contributed by atoms with van der Waals surface area (Å²) in [6, 6.07) is 0. The van der Waals surface area contributed by atoms with E-state index in [1.807, 2.05) is 6.92 Å². The molecule has 5 heteroatoms. The van der Waals surface area contributed by atoms with Gasteiger partial charge in [-0.1, -0.05) is 33.6 Å². The Morgan fingerprint density at radius 1 is 1.06 bits per heavy atom. The quantitative estimate of drug-likeness (QED) is 0.344. The zero-order valence-electron chi connectivity index (χ0n) is 11.4. The maximum absolute atomic E-state index is 12.4. The summed E-state index contributed by atoms with van der Waals surface area (Å²) in [6.45, 7) is 7.23. The van der Waals surface area contributed by atoms with Crippen LogP contribution in [0.4, 0.5) is 0 Å². The number of unbranched alkanes of at least 4 members (excludes halogenated alkanes) is 2. The summed E-state index contributed by atoms with van der Waals surface area (Å²) < 4.78 is 23.4. The third kappa shape index (κ3) is 9.12. The minimum Gasteiger partial charge on any atom is -0.309 e. The second-order valence-corrected chi connectivity index (χ2v) is 7.06. The topological polar surface area (TPSA) is 35.5 Å². The van der Waals surface area contributed by atoms with Gasteiger partial charge in [-0.3, -0.25) is 4.57 Å². The van der Waals surface area contributed by atoms with Crippen molar-refractivity contribution in [2.45, 2.75) is 58.1 Å². The lowest BCUT2D eigenvalue weighted by Crippen LogP contribution is -2.10. The molecule has 0 rings (SSSR count). The molecule has 0 heterocycles. The van der Waals surface area contributed by atoms with Crippen LogP contribution < -0.4 is 0 Å². The van der Waals surface area contributed by atoms with Crippen molar-refractivity contribution in [1.29, 1.82) is 0 Å². The standard InChI is InChI=1S/C12H27O3PS/c1-4-7-9-14-16(13,11-12(17)6-3)15-10-8-5-2/h12,17H,4-11H2,1-3H3. The zero-order chi connectivity index (χ0) is 13.1. The average Bonchev–Trinajstić information content (AvgIpc) is 2.29. The fourth-order valence-electron chi connectivity index (χ4n) is 1.23. The van der Waals surface area contributed by atoms with Crippen molar-refractivity contribution >= 4 is 20.2 Å². The Labute approximate surface area is 112 Å². The lowest BCUT2D eigenvalue weighted by Gasteiger charge is -2.20. The Bertz CT molecular complexity index is 210. The molecule has 104 valence electrons. The van der Waals surface area contributed by atoms with Crippen LogP contribution in [0.2, 0.25) is 0 Å². The van der Waals surface area contributed by atoms with Gasteiger partial charge >= 0.3 is 7.60 Å². The fraction of sp³-hybridized carbons (Fsp3) is 1.00. The van der Waals surface area contributed by atoms with Gasteiger partial charge in [0.2, 0.25) is 0 Å². The molecule has 0 N–H and O–H groups in total. The van der Waals surface area contributed by atoms with Crippen LogP contribution >= 0.6 is 20.2 Å². The summed E-state index contributed by atoms with van der Waals surface area (Å²) in [5.74, 6) is 0. The Kier molecular flexibility index (Phi) is 10.7. The first kappa shape index (κ1) is 17.5. The van der Waals surface area contributed by atoms with E-state index in [-0.39, 0.29) is 5.25 Å². The van der Waals surface area contributed by atoms with Gasteiger partial charge in [0.05, 0.1) is 19.4 Å². The molecular weight excluding hydrogens is 255 g/mol. The van der Waals surface area contributed by atoms with Crippen molar-refractivity contribution in [2.75, 3.05) is 19.4 Å². The van der Waals surface area contributed by atoms with Gasteiger partial charge in [-0.05, 0) is 19.3 Å². The van der Waals surface area contributed by atoms with Crippen molar-refractivity contribution in [2.24, 2.45) is 0 Å². The van der Waals surface area contributed by atoms with Gasteiger partial charge in [0.15, 0.2) is 0 Å². The van der Waals surface area contributed by atoms with Crippen LogP contribution in [0.3, 0.4) is 0 Å². The van der Waals surface area contributed by atoms with Gasteiger partial charge in [0.25, 0.3) is 0 Å². The lowest BCUT2D eigenvalue weighted by molar-refractivity contribution is 0.200. The molecule has 0 aromatic rings. The van der Waals surface area contributed by atoms with Gasteiger partial charge in [-0.15, -0.1) is 0 Å². The largest absolute Gasteiger partial charge is 0.331 e. The van der Waals surface area contributed by atoms with Crippen LogP contribution in [-0.2, 0) is 13.6 Å². The highest BCUT2D eigenvalue weighted by Gasteiger charge is 2.26. The molecule has 0 aliphatic rings. The number of hydrogen-bond donors (Lipinski definition) is 1. The van der Waals surface area contributed by atoms with Crippen molar-refractivity contribution < 1.29 is 13.6 Å². The first-order valence-electron chi connectivity index (χ1n) is 6.64. The summed E-state index contributed by atoms with van der Waals surface area (Å²) in [5.41, 5.74) is 0. The smallest absolute Gasteiger partial charge is 0.309 e. The van der Waals surface area contributed by atoms with Gasteiger partial charge in [-0.25, -0.2) is 0 Å². The normalized spacial score (nSPS) is 13.9. The van der Waals surface area contributed by atoms with E-state index < -0.39 is 7.60 Å². The summed E-state index contributed by atoms with van der Waals surface area (Å²) in [6.07, 6.45) is 5.20. The predicted molar refractivity (Wildman–Crippen MR) is 77.3 cm³/mol. The monoisotopic (exact) mass is 282 g/mol. The molecule has 0 saturated carbocycles. The molecule has 1 atom stereocenters. The maximum atomic E-state index is 12.4. The molecule has 0 bridgehead atoms. The maximum Gasteiger partial charge on any atom is 0.331 e. The molecule has 0 amide bonds. The van der Waals surface area contributed by atoms with Gasteiger partial charge in [0, 0.05) is 5.25 Å². The molecule has 0 aliphatic heterocycles. The summed E-state index contributed by atoms with van der Waals surface area (Å²) in [4.78, 5) is 0. The molecule has 0 fully saturated rings. The van der Waals surface area contributed by atoms with Crippen LogP contribution in [-0.4, -0.2) is 24.6 Å². The summed E-state index contributed by atoms with van der Waals surface area (Å²) in [7, 11) is -2.93. The van der Waals surface area contributed by atoms with Crippen molar-refractivity contribution in [3.63, 3.8) is 0 Å². The summed E-state index contributed by atoms with van der Waals surface area (Å²) in [5, 5.41) is 0.0871. The molecule has 1 unspecified atom stereocenters. The van der Waals surface area contributed by atoms with Crippen molar-refractivity contribution in [3.8, 4) is 0 Å². The van der Waals surface area contributed by atoms with E-state index in [4.69, 9.17) is 9.05 Å². The van der Waals surface area contributed by atoms with Gasteiger partial charge in [0.1, 0.15) is 0 Å². The van der Waals surface area contributed by atoms with E-state index in [9.17, 15) is 4.57 Å². The molecule has 3 nitrogen and oxygen atoms in total. The van der Waals surface area contributed by atoms with E-state index in [1.54, 1.807) is 0 Å². The first-order chi connectivity index (χ1) is 8.08. The average molecular weight is 282 g/mol. The second-order valence-electron chi connectivity index (χ2n) is 4.23. The fourth-order valence-corrected chi connectivity index (χ4v) is 3.70. The molecule has 0 aromatic carbocycles. The highest BCUT2D eigenvalue weighted by molar-refractivity contribution is 7.81. The van der Waals surface area contributed by atoms with E-state index in [0.717, 1.165) is 32.1 Å². The van der Waals surface area contributed by atoms with E-state index in [2.05, 4.69) is 26.5 Å². The SMILES string of the molecule is CCCCOP(=O)(CC(S)CC)OCCCC. The molecule has 0 spiro atoms. The molecule has 17 heavy (non-hydrogen) atoms. The molecule has 0 aliphatic carbocycles. The molecule has 0 radical (unpaired) electrons. The second kappa shape index (κ2) is 10.4. The Balaban J connectivity index is 4.19.